The third kappa shape index (κ3) is 2.88. The van der Waals surface area contributed by atoms with E-state index in [4.69, 9.17) is 9.52 Å². The zero-order chi connectivity index (χ0) is 12.3. The maximum Gasteiger partial charge on any atom is 0.372 e. The number of halogens is 1. The third-order valence-electron chi connectivity index (χ3n) is 2.15. The molecule has 17 heavy (non-hydrogen) atoms. The predicted molar refractivity (Wildman–Crippen MR) is 61.6 cm³/mol. The first kappa shape index (κ1) is 11.7. The average Bonchev–Trinajstić information content (AvgIpc) is 2.76. The first-order chi connectivity index (χ1) is 8.16. The van der Waals surface area contributed by atoms with Crippen LogP contribution in [0.2, 0.25) is 0 Å². The van der Waals surface area contributed by atoms with Crippen molar-refractivity contribution in [1.82, 2.24) is 0 Å². The van der Waals surface area contributed by atoms with Crippen molar-refractivity contribution in [1.29, 1.82) is 0 Å². The Hall–Kier alpha value is -1.75. The van der Waals surface area contributed by atoms with Gasteiger partial charge >= 0.3 is 5.97 Å². The standard InChI is InChI=1S/C12H9FO3S/c13-9-1-3-10(4-2-9)17-7-8-5-6-16-11(8)12(14)15/h1-6H,7H2,(H,14,15). The zero-order valence-corrected chi connectivity index (χ0v) is 9.54. The quantitative estimate of drug-likeness (QED) is 0.847. The number of carboxylic acids is 1. The number of hydrogen-bond donors (Lipinski definition) is 1. The van der Waals surface area contributed by atoms with Gasteiger partial charge in [0.2, 0.25) is 5.76 Å². The Morgan fingerprint density at radius 3 is 2.65 bits per heavy atom. The van der Waals surface area contributed by atoms with Crippen LogP contribution in [-0.2, 0) is 5.75 Å². The second kappa shape index (κ2) is 5.05. The van der Waals surface area contributed by atoms with E-state index >= 15 is 0 Å². The lowest BCUT2D eigenvalue weighted by atomic mass is 10.3. The largest absolute Gasteiger partial charge is 0.475 e. The molecule has 88 valence electrons. The van der Waals surface area contributed by atoms with Crippen LogP contribution in [0.1, 0.15) is 16.1 Å². The molecule has 0 amide bonds. The van der Waals surface area contributed by atoms with E-state index in [1.165, 1.54) is 30.2 Å². The van der Waals surface area contributed by atoms with E-state index in [-0.39, 0.29) is 11.6 Å². The van der Waals surface area contributed by atoms with Crippen LogP contribution < -0.4 is 0 Å². The normalized spacial score (nSPS) is 10.4. The first-order valence-electron chi connectivity index (χ1n) is 4.85. The number of thioether (sulfide) groups is 1. The predicted octanol–water partition coefficient (Wildman–Crippen LogP) is 3.41. The van der Waals surface area contributed by atoms with Gasteiger partial charge in [0.15, 0.2) is 0 Å². The van der Waals surface area contributed by atoms with Crippen LogP contribution in [0.3, 0.4) is 0 Å². The van der Waals surface area contributed by atoms with Crippen molar-refractivity contribution in [3.8, 4) is 0 Å². The molecule has 0 saturated carbocycles. The van der Waals surface area contributed by atoms with E-state index in [9.17, 15) is 9.18 Å². The lowest BCUT2D eigenvalue weighted by Crippen LogP contribution is -1.97. The van der Waals surface area contributed by atoms with Crippen LogP contribution in [-0.4, -0.2) is 11.1 Å². The number of carbonyl (C=O) groups is 1. The molecule has 0 aliphatic rings. The molecule has 5 heteroatoms. The lowest BCUT2D eigenvalue weighted by Gasteiger charge is -2.00. The zero-order valence-electron chi connectivity index (χ0n) is 8.72. The first-order valence-corrected chi connectivity index (χ1v) is 5.83. The third-order valence-corrected chi connectivity index (χ3v) is 3.21. The number of benzene rings is 1. The molecule has 0 radical (unpaired) electrons. The van der Waals surface area contributed by atoms with E-state index < -0.39 is 5.97 Å². The highest BCUT2D eigenvalue weighted by Crippen LogP contribution is 2.25. The SMILES string of the molecule is O=C(O)c1occc1CSc1ccc(F)cc1. The summed E-state index contributed by atoms with van der Waals surface area (Å²) in [5.74, 6) is -0.933. The van der Waals surface area contributed by atoms with Gasteiger partial charge in [-0.25, -0.2) is 9.18 Å². The van der Waals surface area contributed by atoms with Crippen molar-refractivity contribution in [2.45, 2.75) is 10.6 Å². The maximum absolute atomic E-state index is 12.7. The van der Waals surface area contributed by atoms with Crippen molar-refractivity contribution in [2.75, 3.05) is 0 Å². The van der Waals surface area contributed by atoms with Gasteiger partial charge in [-0.2, -0.15) is 0 Å². The Bertz CT molecular complexity index is 519. The van der Waals surface area contributed by atoms with Gasteiger partial charge in [0.1, 0.15) is 5.82 Å². The van der Waals surface area contributed by atoms with E-state index in [1.54, 1.807) is 18.2 Å². The summed E-state index contributed by atoms with van der Waals surface area (Å²) in [6, 6.07) is 7.67. The highest BCUT2D eigenvalue weighted by molar-refractivity contribution is 7.98. The molecule has 0 atom stereocenters. The fourth-order valence-electron chi connectivity index (χ4n) is 1.33. The van der Waals surface area contributed by atoms with Gasteiger partial charge < -0.3 is 9.52 Å². The van der Waals surface area contributed by atoms with E-state index in [0.29, 0.717) is 11.3 Å². The highest BCUT2D eigenvalue weighted by Gasteiger charge is 2.13. The summed E-state index contributed by atoms with van der Waals surface area (Å²) in [7, 11) is 0. The fraction of sp³-hybridized carbons (Fsp3) is 0.0833. The van der Waals surface area contributed by atoms with Gasteiger partial charge in [0, 0.05) is 16.2 Å². The second-order valence-corrected chi connectivity index (χ2v) is 4.37. The molecule has 0 aliphatic carbocycles. The van der Waals surface area contributed by atoms with Crippen molar-refractivity contribution in [2.24, 2.45) is 0 Å². The molecule has 0 fully saturated rings. The molecule has 0 aliphatic heterocycles. The fourth-order valence-corrected chi connectivity index (χ4v) is 2.21. The number of hydrogen-bond acceptors (Lipinski definition) is 3. The minimum Gasteiger partial charge on any atom is -0.475 e. The molecular formula is C12H9FO3S. The van der Waals surface area contributed by atoms with E-state index in [2.05, 4.69) is 0 Å². The number of furan rings is 1. The van der Waals surface area contributed by atoms with Crippen LogP contribution in [0.5, 0.6) is 0 Å². The van der Waals surface area contributed by atoms with Gasteiger partial charge in [0.05, 0.1) is 6.26 Å². The maximum atomic E-state index is 12.7. The Morgan fingerprint density at radius 2 is 2.00 bits per heavy atom. The minimum atomic E-state index is -1.08. The Kier molecular flexibility index (Phi) is 3.49. The summed E-state index contributed by atoms with van der Waals surface area (Å²) in [6.45, 7) is 0. The molecule has 0 spiro atoms. The Morgan fingerprint density at radius 1 is 1.29 bits per heavy atom. The average molecular weight is 252 g/mol. The van der Waals surface area contributed by atoms with Crippen molar-refractivity contribution in [3.63, 3.8) is 0 Å². The van der Waals surface area contributed by atoms with Gasteiger partial charge in [-0.3, -0.25) is 0 Å². The number of rotatable bonds is 4. The topological polar surface area (TPSA) is 50.4 Å². The number of carboxylic acid groups (broad SMARTS) is 1. The van der Waals surface area contributed by atoms with Crippen molar-refractivity contribution in [3.05, 3.63) is 53.7 Å². The molecular weight excluding hydrogens is 243 g/mol. The van der Waals surface area contributed by atoms with Gasteiger partial charge in [0.25, 0.3) is 0 Å². The molecule has 1 aromatic carbocycles. The van der Waals surface area contributed by atoms with E-state index in [0.717, 1.165) is 4.90 Å². The molecule has 1 aromatic heterocycles. The molecule has 0 bridgehead atoms. The summed E-state index contributed by atoms with van der Waals surface area (Å²) < 4.78 is 17.5. The lowest BCUT2D eigenvalue weighted by molar-refractivity contribution is 0.0661. The summed E-state index contributed by atoms with van der Waals surface area (Å²) in [6.07, 6.45) is 1.35. The van der Waals surface area contributed by atoms with Crippen molar-refractivity contribution < 1.29 is 18.7 Å². The highest BCUT2D eigenvalue weighted by atomic mass is 32.2. The molecule has 1 N–H and O–H groups in total. The monoisotopic (exact) mass is 252 g/mol. The van der Waals surface area contributed by atoms with Crippen LogP contribution in [0, 0.1) is 5.82 Å². The van der Waals surface area contributed by atoms with Crippen LogP contribution >= 0.6 is 11.8 Å². The Labute approximate surface area is 101 Å². The van der Waals surface area contributed by atoms with Crippen molar-refractivity contribution >= 4 is 17.7 Å². The summed E-state index contributed by atoms with van der Waals surface area (Å²) in [4.78, 5) is 11.7. The van der Waals surface area contributed by atoms with Crippen LogP contribution in [0.25, 0.3) is 0 Å². The molecule has 0 saturated heterocycles. The smallest absolute Gasteiger partial charge is 0.372 e. The van der Waals surface area contributed by atoms with E-state index in [1.807, 2.05) is 0 Å². The Balaban J connectivity index is 2.05. The summed E-state index contributed by atoms with van der Waals surface area (Å²) >= 11 is 1.43. The molecule has 2 aromatic rings. The molecule has 1 heterocycles. The number of aromatic carboxylic acids is 1. The molecule has 0 unspecified atom stereocenters. The molecule has 3 nitrogen and oxygen atoms in total. The molecule has 2 rings (SSSR count). The van der Waals surface area contributed by atoms with Gasteiger partial charge in [-0.05, 0) is 30.3 Å². The second-order valence-electron chi connectivity index (χ2n) is 3.32. The van der Waals surface area contributed by atoms with Crippen LogP contribution in [0.4, 0.5) is 4.39 Å². The van der Waals surface area contributed by atoms with Gasteiger partial charge in [-0.15, -0.1) is 11.8 Å². The summed E-state index contributed by atoms with van der Waals surface area (Å²) in [5.41, 5.74) is 0.617. The minimum absolute atomic E-state index is 0.0420. The summed E-state index contributed by atoms with van der Waals surface area (Å²) in [5, 5.41) is 8.84. The van der Waals surface area contributed by atoms with Gasteiger partial charge in [-0.1, -0.05) is 0 Å². The van der Waals surface area contributed by atoms with Crippen LogP contribution in [0.15, 0.2) is 45.9 Å².